The third-order valence-electron chi connectivity index (χ3n) is 6.02. The summed E-state index contributed by atoms with van der Waals surface area (Å²) < 4.78 is 16.4. The molecule has 1 N–H and O–H groups in total. The Bertz CT molecular complexity index is 741. The lowest BCUT2D eigenvalue weighted by molar-refractivity contribution is -0.117. The summed E-state index contributed by atoms with van der Waals surface area (Å²) in [5.41, 5.74) is 0.844. The number of methoxy groups -OCH3 is 1. The quantitative estimate of drug-likeness (QED) is 0.626. The zero-order valence-electron chi connectivity index (χ0n) is 18.0. The minimum atomic E-state index is -0.0990. The van der Waals surface area contributed by atoms with Crippen molar-refractivity contribution in [1.29, 1.82) is 0 Å². The van der Waals surface area contributed by atoms with E-state index in [1.54, 1.807) is 25.3 Å². The van der Waals surface area contributed by atoms with Crippen LogP contribution in [0, 0.1) is 0 Å². The van der Waals surface area contributed by atoms with Crippen LogP contribution >= 0.6 is 11.6 Å². The maximum atomic E-state index is 12.6. The molecule has 1 aromatic rings. The van der Waals surface area contributed by atoms with Gasteiger partial charge in [-0.1, -0.05) is 30.9 Å². The van der Waals surface area contributed by atoms with Crippen molar-refractivity contribution in [3.05, 3.63) is 28.8 Å². The fourth-order valence-corrected chi connectivity index (χ4v) is 4.78. The van der Waals surface area contributed by atoms with Crippen molar-refractivity contribution in [3.63, 3.8) is 0 Å². The van der Waals surface area contributed by atoms with Gasteiger partial charge in [0.25, 0.3) is 0 Å². The van der Waals surface area contributed by atoms with Crippen molar-refractivity contribution in [2.75, 3.05) is 46.6 Å². The number of benzene rings is 1. The molecule has 7 heteroatoms. The van der Waals surface area contributed by atoms with Crippen molar-refractivity contribution < 1.29 is 19.0 Å². The molecule has 0 atom stereocenters. The Morgan fingerprint density at radius 1 is 1.27 bits per heavy atom. The molecule has 0 radical (unpaired) electrons. The Morgan fingerprint density at radius 2 is 2.00 bits per heavy atom. The lowest BCUT2D eigenvalue weighted by Crippen LogP contribution is -2.59. The number of nitrogens with one attached hydrogen (secondary N) is 1. The molecule has 1 saturated carbocycles. The highest BCUT2D eigenvalue weighted by Gasteiger charge is 2.38. The molecule has 1 amide bonds. The van der Waals surface area contributed by atoms with Crippen LogP contribution in [-0.4, -0.2) is 62.9 Å². The predicted molar refractivity (Wildman–Crippen MR) is 119 cm³/mol. The molecule has 0 bridgehead atoms. The van der Waals surface area contributed by atoms with Crippen molar-refractivity contribution >= 4 is 23.6 Å². The van der Waals surface area contributed by atoms with Crippen molar-refractivity contribution in [3.8, 4) is 11.5 Å². The van der Waals surface area contributed by atoms with E-state index in [0.717, 1.165) is 44.7 Å². The van der Waals surface area contributed by atoms with Crippen molar-refractivity contribution in [2.45, 2.75) is 44.6 Å². The smallest absolute Gasteiger partial charge is 0.244 e. The summed E-state index contributed by atoms with van der Waals surface area (Å²) in [6, 6.07) is 3.59. The summed E-state index contributed by atoms with van der Waals surface area (Å²) in [7, 11) is 1.56. The summed E-state index contributed by atoms with van der Waals surface area (Å²) in [5.74, 6) is 0.976. The molecule has 0 unspecified atom stereocenters. The third kappa shape index (κ3) is 5.68. The van der Waals surface area contributed by atoms with Crippen LogP contribution in [-0.2, 0) is 9.53 Å². The number of hydrogen-bond acceptors (Lipinski definition) is 5. The molecule has 1 aliphatic carbocycles. The second-order valence-electron chi connectivity index (χ2n) is 7.90. The maximum absolute atomic E-state index is 12.6. The first-order chi connectivity index (χ1) is 14.6. The van der Waals surface area contributed by atoms with Gasteiger partial charge in [0.1, 0.15) is 0 Å². The van der Waals surface area contributed by atoms with Gasteiger partial charge in [-0.05, 0) is 43.5 Å². The van der Waals surface area contributed by atoms with E-state index in [1.807, 2.05) is 13.0 Å². The number of amides is 1. The highest BCUT2D eigenvalue weighted by molar-refractivity contribution is 6.32. The molecule has 2 fully saturated rings. The molecule has 1 aliphatic heterocycles. The molecule has 0 spiro atoms. The average Bonchev–Trinajstić information content (AvgIpc) is 2.78. The summed E-state index contributed by atoms with van der Waals surface area (Å²) in [6.45, 7) is 6.51. The zero-order chi connectivity index (χ0) is 21.4. The molecule has 1 heterocycles. The molecule has 30 heavy (non-hydrogen) atoms. The van der Waals surface area contributed by atoms with E-state index in [-0.39, 0.29) is 11.4 Å². The largest absolute Gasteiger partial charge is 0.491 e. The van der Waals surface area contributed by atoms with Gasteiger partial charge >= 0.3 is 0 Å². The van der Waals surface area contributed by atoms with Crippen LogP contribution in [0.4, 0.5) is 0 Å². The molecule has 1 saturated heterocycles. The van der Waals surface area contributed by atoms with Crippen LogP contribution in [0.3, 0.4) is 0 Å². The second-order valence-corrected chi connectivity index (χ2v) is 8.31. The Hall–Kier alpha value is -1.76. The molecule has 2 aliphatic rings. The van der Waals surface area contributed by atoms with E-state index < -0.39 is 0 Å². The summed E-state index contributed by atoms with van der Waals surface area (Å²) in [5, 5.41) is 3.60. The number of carbonyl (C=O) groups is 1. The van der Waals surface area contributed by atoms with E-state index in [0.29, 0.717) is 29.7 Å². The first kappa shape index (κ1) is 22.9. The number of morpholine rings is 1. The van der Waals surface area contributed by atoms with Gasteiger partial charge in [-0.15, -0.1) is 0 Å². The van der Waals surface area contributed by atoms with E-state index >= 15 is 0 Å². The SMILES string of the molecule is CCOc1cc(/C=C/C(=O)NCC2(N3CCOCC3)CCCCC2)cc(Cl)c1OC. The van der Waals surface area contributed by atoms with Gasteiger partial charge in [-0.25, -0.2) is 0 Å². The van der Waals surface area contributed by atoms with Crippen LogP contribution in [0.2, 0.25) is 5.02 Å². The summed E-state index contributed by atoms with van der Waals surface area (Å²) >= 11 is 6.30. The zero-order valence-corrected chi connectivity index (χ0v) is 18.8. The highest BCUT2D eigenvalue weighted by atomic mass is 35.5. The number of rotatable bonds is 8. The molecule has 3 rings (SSSR count). The van der Waals surface area contributed by atoms with E-state index in [2.05, 4.69) is 10.2 Å². The molecular formula is C23H33ClN2O4. The summed E-state index contributed by atoms with van der Waals surface area (Å²) in [4.78, 5) is 15.1. The van der Waals surface area contributed by atoms with Gasteiger partial charge in [-0.3, -0.25) is 9.69 Å². The van der Waals surface area contributed by atoms with Crippen LogP contribution in [0.5, 0.6) is 11.5 Å². The third-order valence-corrected chi connectivity index (χ3v) is 6.30. The standard InChI is InChI=1S/C23H33ClN2O4/c1-3-30-20-16-18(15-19(24)22(20)28-2)7-8-21(27)25-17-23(9-5-4-6-10-23)26-11-13-29-14-12-26/h7-8,15-16H,3-6,9-14,17H2,1-2H3,(H,25,27)/b8-7+. The molecule has 0 aromatic heterocycles. The van der Waals surface area contributed by atoms with Gasteiger partial charge < -0.3 is 19.5 Å². The molecular weight excluding hydrogens is 404 g/mol. The normalized spacial score (nSPS) is 19.6. The van der Waals surface area contributed by atoms with Gasteiger partial charge in [0.05, 0.1) is 32.0 Å². The summed E-state index contributed by atoms with van der Waals surface area (Å²) in [6.07, 6.45) is 9.28. The molecule has 6 nitrogen and oxygen atoms in total. The van der Waals surface area contributed by atoms with E-state index in [1.165, 1.54) is 19.3 Å². The predicted octanol–water partition coefficient (Wildman–Crippen LogP) is 3.91. The number of ether oxygens (including phenoxy) is 3. The average molecular weight is 437 g/mol. The molecule has 166 valence electrons. The van der Waals surface area contributed by atoms with Gasteiger partial charge in [0, 0.05) is 31.2 Å². The van der Waals surface area contributed by atoms with Crippen LogP contribution < -0.4 is 14.8 Å². The monoisotopic (exact) mass is 436 g/mol. The lowest BCUT2D eigenvalue weighted by Gasteiger charge is -2.48. The first-order valence-corrected chi connectivity index (χ1v) is 11.2. The van der Waals surface area contributed by atoms with E-state index in [9.17, 15) is 4.79 Å². The van der Waals surface area contributed by atoms with Crippen LogP contribution in [0.1, 0.15) is 44.6 Å². The number of halogens is 1. The number of nitrogens with zero attached hydrogens (tertiary/aromatic N) is 1. The first-order valence-electron chi connectivity index (χ1n) is 10.9. The number of carbonyl (C=O) groups excluding carboxylic acids is 1. The Balaban J connectivity index is 1.64. The number of hydrogen-bond donors (Lipinski definition) is 1. The topological polar surface area (TPSA) is 60.0 Å². The maximum Gasteiger partial charge on any atom is 0.244 e. The van der Waals surface area contributed by atoms with Crippen molar-refractivity contribution in [1.82, 2.24) is 10.2 Å². The van der Waals surface area contributed by atoms with Gasteiger partial charge in [0.2, 0.25) is 5.91 Å². The fourth-order valence-electron chi connectivity index (χ4n) is 4.48. The van der Waals surface area contributed by atoms with Gasteiger partial charge in [-0.2, -0.15) is 0 Å². The van der Waals surface area contributed by atoms with Crippen molar-refractivity contribution in [2.24, 2.45) is 0 Å². The lowest BCUT2D eigenvalue weighted by atomic mass is 9.79. The van der Waals surface area contributed by atoms with Crippen LogP contribution in [0.25, 0.3) is 6.08 Å². The van der Waals surface area contributed by atoms with Gasteiger partial charge in [0.15, 0.2) is 11.5 Å². The highest BCUT2D eigenvalue weighted by Crippen LogP contribution is 2.37. The Morgan fingerprint density at radius 3 is 2.67 bits per heavy atom. The fraction of sp³-hybridized carbons (Fsp3) is 0.609. The second kappa shape index (κ2) is 11.0. The minimum Gasteiger partial charge on any atom is -0.491 e. The minimum absolute atomic E-state index is 0.0527. The van der Waals surface area contributed by atoms with Crippen LogP contribution in [0.15, 0.2) is 18.2 Å². The Labute approximate surface area is 184 Å². The van der Waals surface area contributed by atoms with E-state index in [4.69, 9.17) is 25.8 Å². The Kier molecular flexibility index (Phi) is 8.42. The molecule has 1 aromatic carbocycles.